The third-order valence-corrected chi connectivity index (χ3v) is 3.69. The molecule has 0 saturated carbocycles. The number of ether oxygens (including phenoxy) is 1. The molecule has 1 fully saturated rings. The number of anilines is 1. The fraction of sp³-hybridized carbons (Fsp3) is 0.385. The summed E-state index contributed by atoms with van der Waals surface area (Å²) >= 11 is 5.94. The van der Waals surface area contributed by atoms with Crippen LogP contribution in [0.25, 0.3) is 0 Å². The van der Waals surface area contributed by atoms with Crippen molar-refractivity contribution in [2.45, 2.75) is 13.0 Å². The van der Waals surface area contributed by atoms with Gasteiger partial charge in [-0.2, -0.15) is 5.26 Å². The minimum atomic E-state index is -0.972. The molecule has 1 aliphatic heterocycles. The largest absolute Gasteiger partial charge is 0.481 e. The van der Waals surface area contributed by atoms with Gasteiger partial charge in [-0.3, -0.25) is 4.79 Å². The van der Waals surface area contributed by atoms with Crippen molar-refractivity contribution in [1.82, 2.24) is 0 Å². The predicted octanol–water partition coefficient (Wildman–Crippen LogP) is 2.11. The first-order valence-electron chi connectivity index (χ1n) is 5.74. The molecule has 1 aromatic rings. The summed E-state index contributed by atoms with van der Waals surface area (Å²) in [7, 11) is 0. The Labute approximate surface area is 115 Å². The molecule has 0 radical (unpaired) electrons. The van der Waals surface area contributed by atoms with Crippen molar-refractivity contribution in [3.8, 4) is 6.07 Å². The number of carboxylic acids is 1. The second kappa shape index (κ2) is 5.08. The molecule has 1 heterocycles. The molecular weight excluding hydrogens is 268 g/mol. The molecule has 0 spiro atoms. The molecule has 1 aliphatic rings. The number of rotatable bonds is 3. The van der Waals surface area contributed by atoms with E-state index in [0.717, 1.165) is 0 Å². The van der Waals surface area contributed by atoms with Crippen LogP contribution in [0.1, 0.15) is 12.5 Å². The highest BCUT2D eigenvalue weighted by atomic mass is 35.5. The highest BCUT2D eigenvalue weighted by molar-refractivity contribution is 6.32. The molecule has 1 aromatic carbocycles. The topological polar surface area (TPSA) is 82.3 Å². The van der Waals surface area contributed by atoms with Gasteiger partial charge in [-0.25, -0.2) is 0 Å². The Balaban J connectivity index is 2.20. The van der Waals surface area contributed by atoms with E-state index in [0.29, 0.717) is 22.9 Å². The van der Waals surface area contributed by atoms with E-state index in [9.17, 15) is 9.90 Å². The Morgan fingerprint density at radius 3 is 3.00 bits per heavy atom. The van der Waals surface area contributed by atoms with Crippen LogP contribution >= 0.6 is 11.6 Å². The third-order valence-electron chi connectivity index (χ3n) is 3.37. The number of halogens is 1. The van der Waals surface area contributed by atoms with E-state index in [1.165, 1.54) is 0 Å². The van der Waals surface area contributed by atoms with Gasteiger partial charge in [0, 0.05) is 5.69 Å². The van der Waals surface area contributed by atoms with Gasteiger partial charge >= 0.3 is 5.97 Å². The van der Waals surface area contributed by atoms with Crippen molar-refractivity contribution in [2.75, 3.05) is 18.5 Å². The number of carboxylic acid groups (broad SMARTS) is 1. The molecule has 2 N–H and O–H groups in total. The van der Waals surface area contributed by atoms with Gasteiger partial charge in [0.15, 0.2) is 0 Å². The summed E-state index contributed by atoms with van der Waals surface area (Å²) in [4.78, 5) is 11.3. The summed E-state index contributed by atoms with van der Waals surface area (Å²) in [5.41, 5.74) is 0.0864. The Morgan fingerprint density at radius 2 is 2.42 bits per heavy atom. The van der Waals surface area contributed by atoms with Crippen molar-refractivity contribution in [2.24, 2.45) is 5.41 Å². The first kappa shape index (κ1) is 13.7. The van der Waals surface area contributed by atoms with Crippen LogP contribution in [0.4, 0.5) is 5.69 Å². The lowest BCUT2D eigenvalue weighted by atomic mass is 9.85. The molecule has 0 aromatic heterocycles. The lowest BCUT2D eigenvalue weighted by molar-refractivity contribution is -0.148. The number of hydrogen-bond acceptors (Lipinski definition) is 4. The quantitative estimate of drug-likeness (QED) is 0.886. The molecule has 5 nitrogen and oxygen atoms in total. The molecule has 100 valence electrons. The van der Waals surface area contributed by atoms with E-state index in [1.54, 1.807) is 25.1 Å². The molecule has 1 saturated heterocycles. The van der Waals surface area contributed by atoms with Gasteiger partial charge in [0.1, 0.15) is 11.5 Å². The summed E-state index contributed by atoms with van der Waals surface area (Å²) in [6, 6.07) is 6.54. The van der Waals surface area contributed by atoms with Gasteiger partial charge in [0.2, 0.25) is 0 Å². The maximum atomic E-state index is 11.3. The highest BCUT2D eigenvalue weighted by Crippen LogP contribution is 2.32. The summed E-state index contributed by atoms with van der Waals surface area (Å²) in [5, 5.41) is 21.5. The van der Waals surface area contributed by atoms with Crippen LogP contribution in [-0.2, 0) is 9.53 Å². The van der Waals surface area contributed by atoms with Crippen molar-refractivity contribution in [3.05, 3.63) is 28.8 Å². The van der Waals surface area contributed by atoms with Crippen molar-refractivity contribution < 1.29 is 14.6 Å². The van der Waals surface area contributed by atoms with Gasteiger partial charge in [-0.1, -0.05) is 11.6 Å². The number of nitrogens with one attached hydrogen (secondary N) is 1. The Morgan fingerprint density at radius 1 is 1.68 bits per heavy atom. The molecule has 2 atom stereocenters. The van der Waals surface area contributed by atoms with Crippen LogP contribution in [-0.4, -0.2) is 30.3 Å². The van der Waals surface area contributed by atoms with Gasteiger partial charge in [0.05, 0.1) is 29.8 Å². The Hall–Kier alpha value is -1.77. The van der Waals surface area contributed by atoms with Crippen LogP contribution in [0.15, 0.2) is 18.2 Å². The minimum absolute atomic E-state index is 0.171. The van der Waals surface area contributed by atoms with E-state index < -0.39 is 11.4 Å². The zero-order valence-electron chi connectivity index (χ0n) is 10.3. The summed E-state index contributed by atoms with van der Waals surface area (Å²) in [6.45, 7) is 2.13. The fourth-order valence-corrected chi connectivity index (χ4v) is 2.20. The highest BCUT2D eigenvalue weighted by Gasteiger charge is 2.46. The Bertz CT molecular complexity index is 555. The van der Waals surface area contributed by atoms with E-state index in [4.69, 9.17) is 21.6 Å². The molecule has 6 heteroatoms. The number of nitrogens with zero attached hydrogens (tertiary/aromatic N) is 1. The first-order valence-corrected chi connectivity index (χ1v) is 6.12. The molecule has 0 amide bonds. The van der Waals surface area contributed by atoms with Gasteiger partial charge in [-0.15, -0.1) is 0 Å². The number of nitriles is 1. The van der Waals surface area contributed by atoms with Crippen molar-refractivity contribution in [3.63, 3.8) is 0 Å². The zero-order valence-corrected chi connectivity index (χ0v) is 11.1. The van der Waals surface area contributed by atoms with Gasteiger partial charge < -0.3 is 15.2 Å². The number of hydrogen-bond donors (Lipinski definition) is 2. The number of aliphatic carboxylic acids is 1. The van der Waals surface area contributed by atoms with Crippen molar-refractivity contribution >= 4 is 23.3 Å². The molecular formula is C13H13ClN2O3. The average Bonchev–Trinajstić information content (AvgIpc) is 2.73. The fourth-order valence-electron chi connectivity index (χ4n) is 1.98. The third kappa shape index (κ3) is 2.50. The molecule has 0 aliphatic carbocycles. The van der Waals surface area contributed by atoms with E-state index in [2.05, 4.69) is 5.32 Å². The van der Waals surface area contributed by atoms with E-state index in [1.807, 2.05) is 6.07 Å². The minimum Gasteiger partial charge on any atom is -0.481 e. The monoisotopic (exact) mass is 280 g/mol. The van der Waals surface area contributed by atoms with E-state index >= 15 is 0 Å². The standard InChI is InChI=1S/C13H13ClN2O3/c1-13(12(17)18)7-19-6-11(13)16-9-3-2-8(5-15)10(14)4-9/h2-4,11,16H,6-7H2,1H3,(H,17,18). The summed E-state index contributed by atoms with van der Waals surface area (Å²) < 4.78 is 5.25. The second-order valence-electron chi connectivity index (χ2n) is 4.74. The van der Waals surface area contributed by atoms with E-state index in [-0.39, 0.29) is 12.6 Å². The maximum Gasteiger partial charge on any atom is 0.313 e. The SMILES string of the molecule is CC1(C(=O)O)COCC1Nc1ccc(C#N)c(Cl)c1. The zero-order chi connectivity index (χ0) is 14.0. The van der Waals surface area contributed by atoms with Crippen LogP contribution in [0.3, 0.4) is 0 Å². The summed E-state index contributed by atoms with van der Waals surface area (Å²) in [6.07, 6.45) is 0. The second-order valence-corrected chi connectivity index (χ2v) is 5.15. The molecule has 2 unspecified atom stereocenters. The van der Waals surface area contributed by atoms with Crippen LogP contribution in [0.5, 0.6) is 0 Å². The summed E-state index contributed by atoms with van der Waals surface area (Å²) in [5.74, 6) is -0.901. The first-order chi connectivity index (χ1) is 8.97. The lowest BCUT2D eigenvalue weighted by Crippen LogP contribution is -2.43. The van der Waals surface area contributed by atoms with Crippen LogP contribution in [0, 0.1) is 16.7 Å². The predicted molar refractivity (Wildman–Crippen MR) is 70.1 cm³/mol. The van der Waals surface area contributed by atoms with Gasteiger partial charge in [0.25, 0.3) is 0 Å². The molecule has 0 bridgehead atoms. The smallest absolute Gasteiger partial charge is 0.313 e. The maximum absolute atomic E-state index is 11.3. The van der Waals surface area contributed by atoms with Gasteiger partial charge in [-0.05, 0) is 25.1 Å². The normalized spacial score (nSPS) is 25.8. The Kier molecular flexibility index (Phi) is 3.65. The number of carbonyl (C=O) groups is 1. The number of benzene rings is 1. The molecule has 2 rings (SSSR count). The molecule has 19 heavy (non-hydrogen) atoms. The van der Waals surface area contributed by atoms with Crippen LogP contribution < -0.4 is 5.32 Å². The van der Waals surface area contributed by atoms with Crippen LogP contribution in [0.2, 0.25) is 5.02 Å². The average molecular weight is 281 g/mol. The lowest BCUT2D eigenvalue weighted by Gasteiger charge is -2.26. The van der Waals surface area contributed by atoms with Crippen molar-refractivity contribution in [1.29, 1.82) is 5.26 Å².